The monoisotopic (exact) mass is 433 g/mol. The summed E-state index contributed by atoms with van der Waals surface area (Å²) in [5.41, 5.74) is 2.01. The van der Waals surface area contributed by atoms with E-state index in [9.17, 15) is 4.39 Å². The Bertz CT molecular complexity index is 593. The molecule has 0 aliphatic carbocycles. The molecule has 0 heterocycles. The molecule has 1 N–H and O–H groups in total. The van der Waals surface area contributed by atoms with Crippen molar-refractivity contribution in [3.05, 3.63) is 67.3 Å². The minimum atomic E-state index is -0.234. The number of rotatable bonds is 5. The molecule has 21 heavy (non-hydrogen) atoms. The summed E-state index contributed by atoms with van der Waals surface area (Å²) in [6, 6.07) is 10.9. The molecule has 0 aliphatic rings. The molecule has 0 saturated carbocycles. The van der Waals surface area contributed by atoms with Gasteiger partial charge in [-0.25, -0.2) is 4.39 Å². The van der Waals surface area contributed by atoms with Gasteiger partial charge in [-0.1, -0.05) is 50.4 Å². The standard InChI is InChI=1S/C16H15Br2ClFN/c1-2-21-16(11-6-13(18)8-14(19)7-11)5-10-3-12(17)9-15(20)4-10/h3-4,6-9,16,21H,2,5H2,1H3. The maximum Gasteiger partial charge on any atom is 0.124 e. The second-order valence-electron chi connectivity index (χ2n) is 4.79. The molecule has 0 saturated heterocycles. The molecule has 1 unspecified atom stereocenters. The van der Waals surface area contributed by atoms with Crippen molar-refractivity contribution in [2.75, 3.05) is 6.54 Å². The highest BCUT2D eigenvalue weighted by Gasteiger charge is 2.13. The van der Waals surface area contributed by atoms with Crippen LogP contribution in [0.2, 0.25) is 5.02 Å². The number of hydrogen-bond acceptors (Lipinski definition) is 1. The van der Waals surface area contributed by atoms with Crippen LogP contribution in [0, 0.1) is 5.82 Å². The summed E-state index contributed by atoms with van der Waals surface area (Å²) in [7, 11) is 0. The van der Waals surface area contributed by atoms with Crippen molar-refractivity contribution in [1.29, 1.82) is 0 Å². The Balaban J connectivity index is 2.30. The molecule has 112 valence electrons. The third-order valence-electron chi connectivity index (χ3n) is 3.10. The molecule has 0 radical (unpaired) electrons. The van der Waals surface area contributed by atoms with Gasteiger partial charge in [-0.15, -0.1) is 0 Å². The van der Waals surface area contributed by atoms with Gasteiger partial charge in [0.25, 0.3) is 0 Å². The maximum absolute atomic E-state index is 13.5. The highest BCUT2D eigenvalue weighted by Crippen LogP contribution is 2.27. The van der Waals surface area contributed by atoms with Gasteiger partial charge in [0.2, 0.25) is 0 Å². The van der Waals surface area contributed by atoms with Gasteiger partial charge in [-0.05, 0) is 60.5 Å². The number of nitrogens with one attached hydrogen (secondary N) is 1. The van der Waals surface area contributed by atoms with E-state index in [2.05, 4.69) is 37.2 Å². The van der Waals surface area contributed by atoms with Gasteiger partial charge in [0.1, 0.15) is 5.82 Å². The fourth-order valence-electron chi connectivity index (χ4n) is 2.30. The van der Waals surface area contributed by atoms with Crippen LogP contribution >= 0.6 is 43.5 Å². The fourth-order valence-corrected chi connectivity index (χ4v) is 3.69. The molecule has 2 aromatic carbocycles. The molecule has 0 aliphatic heterocycles. The number of likely N-dealkylation sites (N-methyl/N-ethyl adjacent to an activating group) is 1. The normalized spacial score (nSPS) is 12.4. The second kappa shape index (κ2) is 7.73. The molecule has 0 amide bonds. The highest BCUT2D eigenvalue weighted by molar-refractivity contribution is 9.10. The molecule has 0 aromatic heterocycles. The van der Waals surface area contributed by atoms with Crippen molar-refractivity contribution in [2.45, 2.75) is 19.4 Å². The zero-order valence-corrected chi connectivity index (χ0v) is 15.4. The Labute approximate surface area is 146 Å². The molecule has 0 fully saturated rings. The molecule has 5 heteroatoms. The first-order valence-corrected chi connectivity index (χ1v) is 8.58. The first kappa shape index (κ1) is 16.9. The minimum Gasteiger partial charge on any atom is -0.310 e. The predicted octanol–water partition coefficient (Wildman–Crippen LogP) is 5.90. The smallest absolute Gasteiger partial charge is 0.124 e. The summed E-state index contributed by atoms with van der Waals surface area (Å²) in [5, 5.41) is 4.11. The van der Waals surface area contributed by atoms with Gasteiger partial charge in [-0.2, -0.15) is 0 Å². The Kier molecular flexibility index (Phi) is 6.23. The topological polar surface area (TPSA) is 12.0 Å². The molecular weight excluding hydrogens is 420 g/mol. The van der Waals surface area contributed by atoms with E-state index in [0.717, 1.165) is 26.6 Å². The quantitative estimate of drug-likeness (QED) is 0.617. The van der Waals surface area contributed by atoms with E-state index in [4.69, 9.17) is 11.6 Å². The highest BCUT2D eigenvalue weighted by atomic mass is 79.9. The van der Waals surface area contributed by atoms with E-state index in [1.807, 2.05) is 31.2 Å². The van der Waals surface area contributed by atoms with Crippen LogP contribution in [0.15, 0.2) is 45.3 Å². The maximum atomic E-state index is 13.5. The summed E-state index contributed by atoms with van der Waals surface area (Å²) in [6.45, 7) is 2.87. The summed E-state index contributed by atoms with van der Waals surface area (Å²) in [5.74, 6) is -0.234. The Morgan fingerprint density at radius 2 is 1.81 bits per heavy atom. The van der Waals surface area contributed by atoms with Crippen LogP contribution in [0.5, 0.6) is 0 Å². The van der Waals surface area contributed by atoms with Crippen LogP contribution in [0.25, 0.3) is 0 Å². The lowest BCUT2D eigenvalue weighted by Crippen LogP contribution is -2.23. The van der Waals surface area contributed by atoms with E-state index in [0.29, 0.717) is 11.4 Å². The van der Waals surface area contributed by atoms with Crippen LogP contribution in [-0.4, -0.2) is 6.54 Å². The van der Waals surface area contributed by atoms with Gasteiger partial charge >= 0.3 is 0 Å². The second-order valence-corrected chi connectivity index (χ2v) is 7.06. The largest absolute Gasteiger partial charge is 0.310 e. The zero-order valence-electron chi connectivity index (χ0n) is 11.5. The lowest BCUT2D eigenvalue weighted by atomic mass is 9.99. The SMILES string of the molecule is CCNC(Cc1cc(F)cc(Br)c1)c1cc(Cl)cc(Br)c1. The van der Waals surface area contributed by atoms with Crippen LogP contribution in [0.3, 0.4) is 0 Å². The van der Waals surface area contributed by atoms with Crippen molar-refractivity contribution in [3.63, 3.8) is 0 Å². The molecule has 0 spiro atoms. The molecule has 2 aromatic rings. The van der Waals surface area contributed by atoms with Gasteiger partial charge in [0.15, 0.2) is 0 Å². The molecule has 1 nitrogen and oxygen atoms in total. The molecule has 2 rings (SSSR count). The Morgan fingerprint density at radius 3 is 2.43 bits per heavy atom. The summed E-state index contributed by atoms with van der Waals surface area (Å²) >= 11 is 12.9. The van der Waals surface area contributed by atoms with Crippen LogP contribution in [0.4, 0.5) is 4.39 Å². The van der Waals surface area contributed by atoms with E-state index in [1.165, 1.54) is 6.07 Å². The van der Waals surface area contributed by atoms with Crippen molar-refractivity contribution < 1.29 is 4.39 Å². The first-order valence-electron chi connectivity index (χ1n) is 6.62. The van der Waals surface area contributed by atoms with Gasteiger partial charge in [-0.3, -0.25) is 0 Å². The summed E-state index contributed by atoms with van der Waals surface area (Å²) in [4.78, 5) is 0. The van der Waals surface area contributed by atoms with Gasteiger partial charge < -0.3 is 5.32 Å². The fraction of sp³-hybridized carbons (Fsp3) is 0.250. The van der Waals surface area contributed by atoms with E-state index < -0.39 is 0 Å². The average Bonchev–Trinajstić information content (AvgIpc) is 2.35. The number of hydrogen-bond donors (Lipinski definition) is 1. The van der Waals surface area contributed by atoms with Crippen molar-refractivity contribution in [1.82, 2.24) is 5.32 Å². The summed E-state index contributed by atoms with van der Waals surface area (Å²) < 4.78 is 15.2. The zero-order chi connectivity index (χ0) is 15.4. The van der Waals surface area contributed by atoms with Crippen molar-refractivity contribution >= 4 is 43.5 Å². The molecule has 1 atom stereocenters. The Morgan fingerprint density at radius 1 is 1.10 bits per heavy atom. The predicted molar refractivity (Wildman–Crippen MR) is 93.4 cm³/mol. The molecule has 0 bridgehead atoms. The van der Waals surface area contributed by atoms with Crippen LogP contribution in [0.1, 0.15) is 24.1 Å². The van der Waals surface area contributed by atoms with E-state index in [1.54, 1.807) is 6.07 Å². The van der Waals surface area contributed by atoms with E-state index >= 15 is 0 Å². The van der Waals surface area contributed by atoms with E-state index in [-0.39, 0.29) is 11.9 Å². The third kappa shape index (κ3) is 5.06. The molecular formula is C16H15Br2ClFN. The van der Waals surface area contributed by atoms with Gasteiger partial charge in [0, 0.05) is 20.0 Å². The summed E-state index contributed by atoms with van der Waals surface area (Å²) in [6.07, 6.45) is 0.691. The Hall–Kier alpha value is -0.420. The van der Waals surface area contributed by atoms with Gasteiger partial charge in [0.05, 0.1) is 0 Å². The first-order chi connectivity index (χ1) is 9.97. The minimum absolute atomic E-state index is 0.0821. The van der Waals surface area contributed by atoms with Crippen LogP contribution in [-0.2, 0) is 6.42 Å². The third-order valence-corrected chi connectivity index (χ3v) is 4.23. The number of benzene rings is 2. The lowest BCUT2D eigenvalue weighted by molar-refractivity contribution is 0.546. The van der Waals surface area contributed by atoms with Crippen LogP contribution < -0.4 is 5.32 Å². The van der Waals surface area contributed by atoms with Crippen molar-refractivity contribution in [2.24, 2.45) is 0 Å². The van der Waals surface area contributed by atoms with Crippen molar-refractivity contribution in [3.8, 4) is 0 Å². The lowest BCUT2D eigenvalue weighted by Gasteiger charge is -2.19. The number of halogens is 4. The average molecular weight is 436 g/mol.